The van der Waals surface area contributed by atoms with Crippen molar-refractivity contribution in [2.45, 2.75) is 43.6 Å². The Morgan fingerprint density at radius 3 is 2.09 bits per heavy atom. The van der Waals surface area contributed by atoms with Gasteiger partial charge in [-0.3, -0.25) is 0 Å². The topological polar surface area (TPSA) is 43.7 Å². The van der Waals surface area contributed by atoms with Gasteiger partial charge in [0.15, 0.2) is 5.79 Å². The first kappa shape index (κ1) is 7.53. The van der Waals surface area contributed by atoms with Crippen molar-refractivity contribution >= 4 is 0 Å². The van der Waals surface area contributed by atoms with Crippen LogP contribution in [-0.4, -0.2) is 40.0 Å². The minimum atomic E-state index is -1.38. The van der Waals surface area contributed by atoms with Gasteiger partial charge in [-0.05, 0) is 19.9 Å². The highest BCUT2D eigenvalue weighted by molar-refractivity contribution is 4.96. The smallest absolute Gasteiger partial charge is 0.165 e. The number of aliphatic hydroxyl groups is 2. The molecule has 0 amide bonds. The van der Waals surface area contributed by atoms with E-state index in [-0.39, 0.29) is 0 Å². The molecule has 2 N–H and O–H groups in total. The molecule has 2 aliphatic rings. The Labute approximate surface area is 66.6 Å². The minimum absolute atomic E-state index is 0.406. The average molecular weight is 157 g/mol. The highest BCUT2D eigenvalue weighted by Crippen LogP contribution is 2.38. The standard InChI is InChI=1S/C8H15NO2/c1-9-6-2-3-7(9)5-8(10,11)4-6/h6-7,10-11H,2-5H2,1H3. The van der Waals surface area contributed by atoms with Crippen LogP contribution in [0.15, 0.2) is 0 Å². The summed E-state index contributed by atoms with van der Waals surface area (Å²) in [5, 5.41) is 18.8. The normalized spacial score (nSPS) is 42.8. The van der Waals surface area contributed by atoms with E-state index in [9.17, 15) is 10.2 Å². The molecule has 11 heavy (non-hydrogen) atoms. The van der Waals surface area contributed by atoms with Crippen LogP contribution in [0.2, 0.25) is 0 Å². The first-order valence-electron chi connectivity index (χ1n) is 4.25. The van der Waals surface area contributed by atoms with Gasteiger partial charge in [0.2, 0.25) is 0 Å². The van der Waals surface area contributed by atoms with Crippen LogP contribution in [0.25, 0.3) is 0 Å². The Morgan fingerprint density at radius 2 is 1.64 bits per heavy atom. The minimum Gasteiger partial charge on any atom is -0.365 e. The molecule has 3 nitrogen and oxygen atoms in total. The lowest BCUT2D eigenvalue weighted by atomic mass is 9.97. The maximum atomic E-state index is 9.40. The summed E-state index contributed by atoms with van der Waals surface area (Å²) < 4.78 is 0. The van der Waals surface area contributed by atoms with Gasteiger partial charge < -0.3 is 15.1 Å². The van der Waals surface area contributed by atoms with E-state index in [1.807, 2.05) is 0 Å². The van der Waals surface area contributed by atoms with Crippen molar-refractivity contribution in [3.63, 3.8) is 0 Å². The van der Waals surface area contributed by atoms with Crippen molar-refractivity contribution in [2.24, 2.45) is 0 Å². The molecule has 3 heteroatoms. The number of hydrogen-bond acceptors (Lipinski definition) is 3. The molecule has 0 saturated carbocycles. The molecule has 2 saturated heterocycles. The summed E-state index contributed by atoms with van der Waals surface area (Å²) in [5.41, 5.74) is 0. The van der Waals surface area contributed by atoms with Crippen LogP contribution < -0.4 is 0 Å². The monoisotopic (exact) mass is 157 g/mol. The summed E-state index contributed by atoms with van der Waals surface area (Å²) >= 11 is 0. The Balaban J connectivity index is 2.14. The van der Waals surface area contributed by atoms with Gasteiger partial charge in [0.05, 0.1) is 0 Å². The predicted octanol–water partition coefficient (Wildman–Crippen LogP) is -0.0761. The second kappa shape index (κ2) is 2.19. The van der Waals surface area contributed by atoms with E-state index >= 15 is 0 Å². The third-order valence-electron chi connectivity index (χ3n) is 3.11. The summed E-state index contributed by atoms with van der Waals surface area (Å²) in [6, 6.07) is 0.812. The van der Waals surface area contributed by atoms with E-state index in [4.69, 9.17) is 0 Å². The number of nitrogens with zero attached hydrogens (tertiary/aromatic N) is 1. The summed E-state index contributed by atoms with van der Waals surface area (Å²) in [5.74, 6) is -1.38. The Bertz CT molecular complexity index is 153. The maximum Gasteiger partial charge on any atom is 0.165 e. The van der Waals surface area contributed by atoms with Crippen molar-refractivity contribution in [3.05, 3.63) is 0 Å². The van der Waals surface area contributed by atoms with Crippen LogP contribution in [0, 0.1) is 0 Å². The lowest BCUT2D eigenvalue weighted by molar-refractivity contribution is -0.200. The van der Waals surface area contributed by atoms with Gasteiger partial charge in [-0.1, -0.05) is 0 Å². The molecular formula is C8H15NO2. The molecule has 2 rings (SSSR count). The average Bonchev–Trinajstić information content (AvgIpc) is 2.19. The van der Waals surface area contributed by atoms with Gasteiger partial charge in [-0.2, -0.15) is 0 Å². The molecule has 2 heterocycles. The fourth-order valence-corrected chi connectivity index (χ4v) is 2.42. The highest BCUT2D eigenvalue weighted by atomic mass is 16.5. The van der Waals surface area contributed by atoms with Gasteiger partial charge >= 0.3 is 0 Å². The van der Waals surface area contributed by atoms with Gasteiger partial charge in [0, 0.05) is 24.9 Å². The van der Waals surface area contributed by atoms with Crippen molar-refractivity contribution in [2.75, 3.05) is 7.05 Å². The zero-order chi connectivity index (χ0) is 8.06. The van der Waals surface area contributed by atoms with Crippen molar-refractivity contribution in [1.82, 2.24) is 4.90 Å². The number of hydrogen-bond donors (Lipinski definition) is 2. The molecule has 2 atom stereocenters. The Hall–Kier alpha value is -0.120. The SMILES string of the molecule is CN1C2CCC1CC(O)(O)C2. The van der Waals surface area contributed by atoms with Gasteiger partial charge in [0.1, 0.15) is 0 Å². The summed E-state index contributed by atoms with van der Waals surface area (Å²) in [6.07, 6.45) is 3.31. The van der Waals surface area contributed by atoms with E-state index < -0.39 is 5.79 Å². The summed E-state index contributed by atoms with van der Waals surface area (Å²) in [4.78, 5) is 2.28. The van der Waals surface area contributed by atoms with Crippen molar-refractivity contribution in [1.29, 1.82) is 0 Å². The molecule has 0 spiro atoms. The Kier molecular flexibility index (Phi) is 1.50. The van der Waals surface area contributed by atoms with Crippen LogP contribution >= 0.6 is 0 Å². The van der Waals surface area contributed by atoms with Gasteiger partial charge in [0.25, 0.3) is 0 Å². The van der Waals surface area contributed by atoms with Gasteiger partial charge in [-0.25, -0.2) is 0 Å². The second-order valence-corrected chi connectivity index (χ2v) is 3.94. The van der Waals surface area contributed by atoms with E-state index in [1.165, 1.54) is 0 Å². The molecule has 2 bridgehead atoms. The number of fused-ring (bicyclic) bond motifs is 2. The number of rotatable bonds is 0. The van der Waals surface area contributed by atoms with Crippen LogP contribution in [0.3, 0.4) is 0 Å². The predicted molar refractivity (Wildman–Crippen MR) is 41.0 cm³/mol. The molecule has 2 unspecified atom stereocenters. The molecule has 2 fully saturated rings. The zero-order valence-electron chi connectivity index (χ0n) is 6.82. The first-order valence-corrected chi connectivity index (χ1v) is 4.25. The first-order chi connectivity index (χ1) is 5.08. The molecular weight excluding hydrogens is 142 g/mol. The van der Waals surface area contributed by atoms with Crippen LogP contribution in [0.5, 0.6) is 0 Å². The second-order valence-electron chi connectivity index (χ2n) is 3.94. The highest BCUT2D eigenvalue weighted by Gasteiger charge is 2.44. The van der Waals surface area contributed by atoms with Crippen molar-refractivity contribution < 1.29 is 10.2 Å². The largest absolute Gasteiger partial charge is 0.365 e. The molecule has 0 radical (unpaired) electrons. The van der Waals surface area contributed by atoms with E-state index in [0.717, 1.165) is 12.8 Å². The van der Waals surface area contributed by atoms with Crippen LogP contribution in [-0.2, 0) is 0 Å². The quantitative estimate of drug-likeness (QED) is 0.483. The third kappa shape index (κ3) is 1.17. The van der Waals surface area contributed by atoms with E-state index in [0.29, 0.717) is 24.9 Å². The molecule has 0 aromatic carbocycles. The third-order valence-corrected chi connectivity index (χ3v) is 3.11. The van der Waals surface area contributed by atoms with E-state index in [2.05, 4.69) is 11.9 Å². The van der Waals surface area contributed by atoms with E-state index in [1.54, 1.807) is 0 Å². The molecule has 64 valence electrons. The molecule has 0 aromatic heterocycles. The maximum absolute atomic E-state index is 9.40. The van der Waals surface area contributed by atoms with Crippen LogP contribution in [0.1, 0.15) is 25.7 Å². The summed E-state index contributed by atoms with van der Waals surface area (Å²) in [6.45, 7) is 0. The fraction of sp³-hybridized carbons (Fsp3) is 1.00. The van der Waals surface area contributed by atoms with Crippen molar-refractivity contribution in [3.8, 4) is 0 Å². The van der Waals surface area contributed by atoms with Gasteiger partial charge in [-0.15, -0.1) is 0 Å². The fourth-order valence-electron chi connectivity index (χ4n) is 2.42. The number of piperidine rings is 1. The van der Waals surface area contributed by atoms with Crippen LogP contribution in [0.4, 0.5) is 0 Å². The Morgan fingerprint density at radius 1 is 1.18 bits per heavy atom. The lowest BCUT2D eigenvalue weighted by Gasteiger charge is -2.38. The lowest BCUT2D eigenvalue weighted by Crippen LogP contribution is -2.49. The molecule has 0 aliphatic carbocycles. The zero-order valence-corrected chi connectivity index (χ0v) is 6.82. The summed E-state index contributed by atoms with van der Waals surface area (Å²) in [7, 11) is 2.08. The molecule has 2 aliphatic heterocycles. The molecule has 0 aromatic rings.